The van der Waals surface area contributed by atoms with Crippen molar-refractivity contribution in [3.05, 3.63) is 46.2 Å². The highest BCUT2D eigenvalue weighted by Crippen LogP contribution is 2.15. The third-order valence-electron chi connectivity index (χ3n) is 4.52. The summed E-state index contributed by atoms with van der Waals surface area (Å²) >= 11 is 1.50. The first-order valence-corrected chi connectivity index (χ1v) is 9.37. The number of thiophene rings is 1. The van der Waals surface area contributed by atoms with Gasteiger partial charge in [0.1, 0.15) is 0 Å². The number of carbonyl (C=O) groups is 2. The molecule has 26 heavy (non-hydrogen) atoms. The van der Waals surface area contributed by atoms with E-state index in [4.69, 9.17) is 0 Å². The average Bonchev–Trinajstić information content (AvgIpc) is 3.32. The van der Waals surface area contributed by atoms with E-state index in [1.54, 1.807) is 15.6 Å². The summed E-state index contributed by atoms with van der Waals surface area (Å²) in [4.78, 5) is 34.9. The molecule has 0 saturated carbocycles. The number of nitrogens with zero attached hydrogens (tertiary/aromatic N) is 5. The van der Waals surface area contributed by atoms with Crippen molar-refractivity contribution in [3.63, 3.8) is 0 Å². The number of rotatable bonds is 3. The lowest BCUT2D eigenvalue weighted by Crippen LogP contribution is -2.46. The second kappa shape index (κ2) is 6.83. The van der Waals surface area contributed by atoms with Gasteiger partial charge in [-0.1, -0.05) is 0 Å². The van der Waals surface area contributed by atoms with Crippen LogP contribution >= 0.6 is 11.3 Å². The highest BCUT2D eigenvalue weighted by molar-refractivity contribution is 7.08. The molecule has 0 radical (unpaired) electrons. The topological polar surface area (TPSA) is 92.5 Å². The summed E-state index contributed by atoms with van der Waals surface area (Å²) in [5, 5.41) is 11.0. The maximum atomic E-state index is 12.7. The van der Waals surface area contributed by atoms with Crippen LogP contribution < -0.4 is 5.32 Å². The first-order valence-electron chi connectivity index (χ1n) is 8.42. The third kappa shape index (κ3) is 3.17. The van der Waals surface area contributed by atoms with Gasteiger partial charge in [-0.05, 0) is 37.3 Å². The Morgan fingerprint density at radius 1 is 1.27 bits per heavy atom. The molecule has 134 valence electrons. The van der Waals surface area contributed by atoms with Gasteiger partial charge in [-0.2, -0.15) is 16.3 Å². The summed E-state index contributed by atoms with van der Waals surface area (Å²) in [6.07, 6.45) is 3.08. The van der Waals surface area contributed by atoms with E-state index in [1.165, 1.54) is 11.3 Å². The fraction of sp³-hybridized carbons (Fsp3) is 0.353. The minimum absolute atomic E-state index is 0.0559. The quantitative estimate of drug-likeness (QED) is 0.755. The Balaban J connectivity index is 1.38. The minimum atomic E-state index is -0.197. The summed E-state index contributed by atoms with van der Waals surface area (Å²) in [6, 6.07) is 3.70. The molecule has 4 rings (SSSR count). The Morgan fingerprint density at radius 3 is 2.77 bits per heavy atom. The zero-order valence-electron chi connectivity index (χ0n) is 14.3. The molecular formula is C17H18N6O2S. The summed E-state index contributed by atoms with van der Waals surface area (Å²) < 4.78 is 1.57. The van der Waals surface area contributed by atoms with Gasteiger partial charge in [0.25, 0.3) is 17.6 Å². The number of hydrogen-bond acceptors (Lipinski definition) is 6. The van der Waals surface area contributed by atoms with E-state index >= 15 is 0 Å². The second-order valence-electron chi connectivity index (χ2n) is 6.29. The van der Waals surface area contributed by atoms with E-state index in [0.717, 1.165) is 5.69 Å². The van der Waals surface area contributed by atoms with Crippen LogP contribution in [0.3, 0.4) is 0 Å². The first-order chi connectivity index (χ1) is 12.6. The van der Waals surface area contributed by atoms with Crippen LogP contribution in [0.15, 0.2) is 29.1 Å². The maximum absolute atomic E-state index is 12.7. The largest absolute Gasteiger partial charge is 0.349 e. The van der Waals surface area contributed by atoms with Crippen molar-refractivity contribution >= 4 is 28.9 Å². The highest BCUT2D eigenvalue weighted by atomic mass is 32.1. The molecule has 8 nitrogen and oxygen atoms in total. The molecule has 2 amide bonds. The Hall–Kier alpha value is -2.81. The number of likely N-dealkylation sites (tertiary alicyclic amines) is 1. The zero-order chi connectivity index (χ0) is 18.1. The van der Waals surface area contributed by atoms with Crippen LogP contribution in [0.25, 0.3) is 5.78 Å². The molecule has 9 heteroatoms. The molecule has 3 aromatic rings. The highest BCUT2D eigenvalue weighted by Gasteiger charge is 2.27. The maximum Gasteiger partial charge on any atom is 0.293 e. The van der Waals surface area contributed by atoms with Gasteiger partial charge < -0.3 is 10.2 Å². The van der Waals surface area contributed by atoms with E-state index in [0.29, 0.717) is 37.3 Å². The molecule has 1 N–H and O–H groups in total. The van der Waals surface area contributed by atoms with Gasteiger partial charge in [0.05, 0.1) is 0 Å². The normalized spacial score (nSPS) is 15.3. The number of nitrogens with one attached hydrogen (secondary N) is 1. The van der Waals surface area contributed by atoms with Crippen molar-refractivity contribution in [2.75, 3.05) is 13.1 Å². The summed E-state index contributed by atoms with van der Waals surface area (Å²) in [5.74, 6) is 0.330. The Bertz CT molecular complexity index is 943. The number of amides is 2. The molecule has 0 bridgehead atoms. The smallest absolute Gasteiger partial charge is 0.293 e. The molecule has 4 heterocycles. The monoisotopic (exact) mass is 370 g/mol. The standard InChI is InChI=1S/C17H18N6O2S/c1-11-2-6-18-17-20-14(21-23(11)17)16(25)22-7-3-13(4-8-22)19-15(24)12-5-9-26-10-12/h2,5-6,9-10,13H,3-4,7-8H2,1H3,(H,19,24). The van der Waals surface area contributed by atoms with Crippen LogP contribution in [-0.4, -0.2) is 55.4 Å². The Kier molecular flexibility index (Phi) is 4.37. The van der Waals surface area contributed by atoms with Crippen LogP contribution in [0.5, 0.6) is 0 Å². The lowest BCUT2D eigenvalue weighted by atomic mass is 10.0. The molecule has 0 spiro atoms. The van der Waals surface area contributed by atoms with Crippen molar-refractivity contribution in [2.45, 2.75) is 25.8 Å². The van der Waals surface area contributed by atoms with Gasteiger partial charge in [-0.15, -0.1) is 5.10 Å². The summed E-state index contributed by atoms with van der Waals surface area (Å²) in [7, 11) is 0. The second-order valence-corrected chi connectivity index (χ2v) is 7.07. The average molecular weight is 370 g/mol. The molecule has 0 atom stereocenters. The number of fused-ring (bicyclic) bond motifs is 1. The number of aryl methyl sites for hydroxylation is 1. The first kappa shape index (κ1) is 16.6. The van der Waals surface area contributed by atoms with E-state index in [1.807, 2.05) is 29.8 Å². The fourth-order valence-corrected chi connectivity index (χ4v) is 3.66. The van der Waals surface area contributed by atoms with Crippen molar-refractivity contribution in [3.8, 4) is 0 Å². The van der Waals surface area contributed by atoms with Crippen molar-refractivity contribution in [1.29, 1.82) is 0 Å². The summed E-state index contributed by atoms with van der Waals surface area (Å²) in [5.41, 5.74) is 1.56. The van der Waals surface area contributed by atoms with E-state index in [9.17, 15) is 9.59 Å². The van der Waals surface area contributed by atoms with Crippen LogP contribution in [-0.2, 0) is 0 Å². The molecule has 0 aliphatic carbocycles. The molecular weight excluding hydrogens is 352 g/mol. The molecule has 1 fully saturated rings. The molecule has 1 saturated heterocycles. The third-order valence-corrected chi connectivity index (χ3v) is 5.21. The van der Waals surface area contributed by atoms with Crippen molar-refractivity contribution in [2.24, 2.45) is 0 Å². The number of carbonyl (C=O) groups excluding carboxylic acids is 2. The number of aromatic nitrogens is 4. The molecule has 0 unspecified atom stereocenters. The summed E-state index contributed by atoms with van der Waals surface area (Å²) in [6.45, 7) is 3.02. The van der Waals surface area contributed by atoms with Gasteiger partial charge in [0.15, 0.2) is 0 Å². The molecule has 0 aromatic carbocycles. The van der Waals surface area contributed by atoms with Gasteiger partial charge in [-0.3, -0.25) is 9.59 Å². The van der Waals surface area contributed by atoms with Gasteiger partial charge in [-0.25, -0.2) is 9.50 Å². The SMILES string of the molecule is Cc1ccnc2nc(C(=O)N3CCC(NC(=O)c4ccsc4)CC3)nn12. The van der Waals surface area contributed by atoms with Crippen molar-refractivity contribution < 1.29 is 9.59 Å². The predicted molar refractivity (Wildman–Crippen MR) is 96.2 cm³/mol. The van der Waals surface area contributed by atoms with Crippen LogP contribution in [0.4, 0.5) is 0 Å². The fourth-order valence-electron chi connectivity index (χ4n) is 3.03. The van der Waals surface area contributed by atoms with E-state index in [2.05, 4.69) is 20.4 Å². The molecule has 1 aliphatic rings. The lowest BCUT2D eigenvalue weighted by Gasteiger charge is -2.31. The number of piperidine rings is 1. The Morgan fingerprint density at radius 2 is 2.08 bits per heavy atom. The van der Waals surface area contributed by atoms with Gasteiger partial charge >= 0.3 is 0 Å². The van der Waals surface area contributed by atoms with Crippen molar-refractivity contribution in [1.82, 2.24) is 29.8 Å². The van der Waals surface area contributed by atoms with Crippen LogP contribution in [0.2, 0.25) is 0 Å². The van der Waals surface area contributed by atoms with E-state index < -0.39 is 0 Å². The molecule has 3 aromatic heterocycles. The molecule has 1 aliphatic heterocycles. The minimum Gasteiger partial charge on any atom is -0.349 e. The zero-order valence-corrected chi connectivity index (χ0v) is 15.1. The van der Waals surface area contributed by atoms with Crippen LogP contribution in [0.1, 0.15) is 39.5 Å². The number of hydrogen-bond donors (Lipinski definition) is 1. The van der Waals surface area contributed by atoms with Crippen LogP contribution in [0, 0.1) is 6.92 Å². The van der Waals surface area contributed by atoms with E-state index in [-0.39, 0.29) is 23.7 Å². The Labute approximate surface area is 153 Å². The van der Waals surface area contributed by atoms with Gasteiger partial charge in [0, 0.05) is 42.0 Å². The van der Waals surface area contributed by atoms with Gasteiger partial charge in [0.2, 0.25) is 5.82 Å². The lowest BCUT2D eigenvalue weighted by molar-refractivity contribution is 0.0686. The predicted octanol–water partition coefficient (Wildman–Crippen LogP) is 1.53.